The third kappa shape index (κ3) is 3.33. The molecule has 0 saturated heterocycles. The molecule has 2 aromatic heterocycles. The molecule has 0 aliphatic heterocycles. The van der Waals surface area contributed by atoms with Crippen LogP contribution in [0.1, 0.15) is 37.1 Å². The zero-order chi connectivity index (χ0) is 19.7. The molecule has 0 radical (unpaired) electrons. The summed E-state index contributed by atoms with van der Waals surface area (Å²) in [5.74, 6) is 0. The van der Waals surface area contributed by atoms with E-state index >= 15 is 0 Å². The molecule has 0 amide bonds. The molecule has 4 aromatic rings. The lowest BCUT2D eigenvalue weighted by molar-refractivity contribution is -0.771. The van der Waals surface area contributed by atoms with Crippen molar-refractivity contribution in [2.24, 2.45) is 14.1 Å². The van der Waals surface area contributed by atoms with E-state index in [2.05, 4.69) is 60.9 Å². The number of aryl methyl sites for hydroxylation is 2. The Morgan fingerprint density at radius 2 is 1.04 bits per heavy atom. The molecule has 0 fully saturated rings. The average molecular weight is 372 g/mol. The molecule has 0 bridgehead atoms. The Balaban J connectivity index is 1.67. The van der Waals surface area contributed by atoms with Crippen LogP contribution >= 0.6 is 0 Å². The molecule has 0 aliphatic carbocycles. The standard InChI is InChI=1S/C22H24N6/c1-17(19-11-7-5-8-12-19)27-15-21(25(3)23-27)22-16-28(24-26(22)4)18(2)20-13-9-6-10-14-20/h5-14,17-18H,1-4H3/t17-,18-/m1/s1. The van der Waals surface area contributed by atoms with Crippen LogP contribution in [0.5, 0.6) is 0 Å². The largest absolute Gasteiger partial charge is 0.245 e. The highest BCUT2D eigenvalue weighted by atomic mass is 15.5. The second-order valence-electron chi connectivity index (χ2n) is 7.01. The highest BCUT2D eigenvalue weighted by Gasteiger charge is 2.15. The zero-order valence-electron chi connectivity index (χ0n) is 16.6. The van der Waals surface area contributed by atoms with Gasteiger partial charge in [0.2, 0.25) is 0 Å². The van der Waals surface area contributed by atoms with Crippen molar-refractivity contribution in [1.82, 2.24) is 19.8 Å². The fraction of sp³-hybridized carbons (Fsp3) is 0.273. The van der Waals surface area contributed by atoms with E-state index in [1.54, 1.807) is 0 Å². The molecule has 0 N–H and O–H groups in total. The summed E-state index contributed by atoms with van der Waals surface area (Å²) in [5, 5.41) is 9.25. The van der Waals surface area contributed by atoms with E-state index in [1.165, 1.54) is 11.1 Å². The van der Waals surface area contributed by atoms with Crippen LogP contribution in [0, 0.1) is 12.4 Å². The fourth-order valence-corrected chi connectivity index (χ4v) is 3.29. The first-order valence-electron chi connectivity index (χ1n) is 9.41. The number of benzene rings is 2. The highest BCUT2D eigenvalue weighted by Crippen LogP contribution is 2.17. The Bertz CT molecular complexity index is 977. The minimum atomic E-state index is 0.0877. The molecular weight excluding hydrogens is 348 g/mol. The molecule has 28 heavy (non-hydrogen) atoms. The SMILES string of the molecule is C[C@H](c1ccccc1)[n+]1[c-]c(-c2[c-][n+]([C@H](C)c3ccccc3)nn2C)n(C)n1. The van der Waals surface area contributed by atoms with Gasteiger partial charge in [0, 0.05) is 10.4 Å². The highest BCUT2D eigenvalue weighted by molar-refractivity contribution is 5.48. The number of hydrogen-bond donors (Lipinski definition) is 0. The van der Waals surface area contributed by atoms with Crippen LogP contribution in [-0.4, -0.2) is 19.8 Å². The van der Waals surface area contributed by atoms with Gasteiger partial charge in [-0.25, -0.2) is 18.7 Å². The molecule has 142 valence electrons. The van der Waals surface area contributed by atoms with Crippen molar-refractivity contribution in [2.45, 2.75) is 25.9 Å². The van der Waals surface area contributed by atoms with Crippen LogP contribution < -0.4 is 9.36 Å². The van der Waals surface area contributed by atoms with Crippen molar-refractivity contribution in [1.29, 1.82) is 0 Å². The summed E-state index contributed by atoms with van der Waals surface area (Å²) in [6.45, 7) is 4.24. The summed E-state index contributed by atoms with van der Waals surface area (Å²) in [6, 6.07) is 20.8. The van der Waals surface area contributed by atoms with Crippen molar-refractivity contribution < 1.29 is 9.36 Å². The Kier molecular flexibility index (Phi) is 4.77. The second-order valence-corrected chi connectivity index (χ2v) is 7.01. The van der Waals surface area contributed by atoms with Crippen molar-refractivity contribution >= 4 is 0 Å². The predicted molar refractivity (Wildman–Crippen MR) is 104 cm³/mol. The number of nitrogens with zero attached hydrogens (tertiary/aromatic N) is 6. The maximum atomic E-state index is 4.62. The molecule has 6 heteroatoms. The van der Waals surface area contributed by atoms with Gasteiger partial charge in [0.15, 0.2) is 0 Å². The lowest BCUT2D eigenvalue weighted by atomic mass is 10.1. The van der Waals surface area contributed by atoms with Crippen LogP contribution in [-0.2, 0) is 14.1 Å². The molecule has 6 nitrogen and oxygen atoms in total. The minimum absolute atomic E-state index is 0.0877. The van der Waals surface area contributed by atoms with E-state index < -0.39 is 0 Å². The Labute approximate surface area is 165 Å². The topological polar surface area (TPSA) is 43.4 Å². The molecule has 4 rings (SSSR count). The van der Waals surface area contributed by atoms with Gasteiger partial charge >= 0.3 is 0 Å². The van der Waals surface area contributed by atoms with E-state index in [9.17, 15) is 0 Å². The molecule has 0 aliphatic rings. The number of aromatic nitrogens is 6. The summed E-state index contributed by atoms with van der Waals surface area (Å²) in [6.07, 6.45) is 6.78. The minimum Gasteiger partial charge on any atom is -0.245 e. The lowest BCUT2D eigenvalue weighted by Crippen LogP contribution is -2.41. The summed E-state index contributed by atoms with van der Waals surface area (Å²) in [5.41, 5.74) is 4.07. The van der Waals surface area contributed by atoms with Crippen molar-refractivity contribution in [3.8, 4) is 11.4 Å². The first-order valence-corrected chi connectivity index (χ1v) is 9.41. The summed E-state index contributed by atoms with van der Waals surface area (Å²) < 4.78 is 7.36. The van der Waals surface area contributed by atoms with Gasteiger partial charge in [-0.2, -0.15) is 0 Å². The van der Waals surface area contributed by atoms with Gasteiger partial charge in [0.05, 0.1) is 14.1 Å². The van der Waals surface area contributed by atoms with Crippen LogP contribution in [0.2, 0.25) is 0 Å². The Morgan fingerprint density at radius 1 is 0.679 bits per heavy atom. The summed E-state index contributed by atoms with van der Waals surface area (Å²) in [7, 11) is 3.84. The maximum Gasteiger partial charge on any atom is 0.124 e. The maximum absolute atomic E-state index is 4.62. The second kappa shape index (κ2) is 7.38. The fourth-order valence-electron chi connectivity index (χ4n) is 3.29. The quantitative estimate of drug-likeness (QED) is 0.398. The van der Waals surface area contributed by atoms with E-state index in [0.29, 0.717) is 0 Å². The van der Waals surface area contributed by atoms with E-state index in [1.807, 2.05) is 69.2 Å². The van der Waals surface area contributed by atoms with Gasteiger partial charge in [-0.3, -0.25) is 0 Å². The van der Waals surface area contributed by atoms with Gasteiger partial charge < -0.3 is 0 Å². The van der Waals surface area contributed by atoms with E-state index in [4.69, 9.17) is 0 Å². The monoisotopic (exact) mass is 372 g/mol. The first kappa shape index (κ1) is 18.1. The molecular formula is C22H24N6. The molecule has 2 atom stereocenters. The van der Waals surface area contributed by atoms with Gasteiger partial charge in [-0.15, -0.1) is 0 Å². The predicted octanol–water partition coefficient (Wildman–Crippen LogP) is 2.21. The van der Waals surface area contributed by atoms with Crippen LogP contribution in [0.4, 0.5) is 0 Å². The number of hydrogen-bond acceptors (Lipinski definition) is 2. The van der Waals surface area contributed by atoms with Crippen LogP contribution in [0.15, 0.2) is 60.7 Å². The molecule has 2 aromatic carbocycles. The zero-order valence-corrected chi connectivity index (χ0v) is 16.6. The first-order chi connectivity index (χ1) is 13.5. The molecule has 0 unspecified atom stereocenters. The van der Waals surface area contributed by atoms with Crippen molar-refractivity contribution in [2.75, 3.05) is 0 Å². The Morgan fingerprint density at radius 3 is 1.39 bits per heavy atom. The van der Waals surface area contributed by atoms with Gasteiger partial charge in [-0.1, -0.05) is 84.4 Å². The van der Waals surface area contributed by atoms with Crippen LogP contribution in [0.3, 0.4) is 0 Å². The average Bonchev–Trinajstić information content (AvgIpc) is 3.30. The summed E-state index contributed by atoms with van der Waals surface area (Å²) >= 11 is 0. The van der Waals surface area contributed by atoms with Gasteiger partial charge in [0.25, 0.3) is 0 Å². The van der Waals surface area contributed by atoms with Crippen molar-refractivity contribution in [3.63, 3.8) is 0 Å². The van der Waals surface area contributed by atoms with E-state index in [0.717, 1.165) is 11.4 Å². The van der Waals surface area contributed by atoms with Crippen LogP contribution in [0.25, 0.3) is 11.4 Å². The number of rotatable bonds is 5. The molecule has 2 heterocycles. The third-order valence-corrected chi connectivity index (χ3v) is 5.07. The van der Waals surface area contributed by atoms with Gasteiger partial charge in [-0.05, 0) is 25.0 Å². The summed E-state index contributed by atoms with van der Waals surface area (Å²) in [4.78, 5) is 0. The normalized spacial score (nSPS) is 13.4. The molecule has 0 spiro atoms. The third-order valence-electron chi connectivity index (χ3n) is 5.07. The smallest absolute Gasteiger partial charge is 0.124 e. The van der Waals surface area contributed by atoms with E-state index in [-0.39, 0.29) is 12.1 Å². The lowest BCUT2D eigenvalue weighted by Gasteiger charge is -2.11. The van der Waals surface area contributed by atoms with Gasteiger partial charge in [0.1, 0.15) is 12.1 Å². The Hall–Kier alpha value is -3.28. The van der Waals surface area contributed by atoms with Crippen molar-refractivity contribution in [3.05, 3.63) is 84.2 Å². The molecule has 0 saturated carbocycles.